The Kier molecular flexibility index (Phi) is 4.66. The fraction of sp³-hybridized carbons (Fsp3) is 0.167. The van der Waals surface area contributed by atoms with Crippen LogP contribution >= 0.6 is 11.8 Å². The molecule has 0 bridgehead atoms. The fourth-order valence-corrected chi connectivity index (χ4v) is 3.35. The summed E-state index contributed by atoms with van der Waals surface area (Å²) in [6.07, 6.45) is 0.409. The molecule has 1 aliphatic rings. The van der Waals surface area contributed by atoms with Gasteiger partial charge in [-0.2, -0.15) is 0 Å². The Morgan fingerprint density at radius 2 is 1.88 bits per heavy atom. The number of carbonyl (C=O) groups is 3. The average Bonchev–Trinajstić information content (AvgIpc) is 2.92. The van der Waals surface area contributed by atoms with Crippen molar-refractivity contribution in [2.75, 3.05) is 7.11 Å². The highest BCUT2D eigenvalue weighted by atomic mass is 32.2. The van der Waals surface area contributed by atoms with E-state index in [9.17, 15) is 14.4 Å². The van der Waals surface area contributed by atoms with Gasteiger partial charge in [0.05, 0.1) is 12.4 Å². The number of ether oxygens (including phenoxy) is 1. The van der Waals surface area contributed by atoms with Gasteiger partial charge >= 0.3 is 0 Å². The van der Waals surface area contributed by atoms with Gasteiger partial charge in [0.25, 0.3) is 5.24 Å². The SMILES string of the molecule is COc1ccc(C(=O)c2cccc(CC3SC(=O)NC3=O)c2)cc1. The minimum Gasteiger partial charge on any atom is -0.497 e. The first-order chi connectivity index (χ1) is 11.6. The van der Waals surface area contributed by atoms with Crippen LogP contribution in [0.3, 0.4) is 0 Å². The van der Waals surface area contributed by atoms with Crippen LogP contribution in [0, 0.1) is 0 Å². The Morgan fingerprint density at radius 3 is 2.50 bits per heavy atom. The van der Waals surface area contributed by atoms with Crippen molar-refractivity contribution in [3.8, 4) is 5.75 Å². The number of nitrogens with one attached hydrogen (secondary N) is 1. The maximum Gasteiger partial charge on any atom is 0.286 e. The van der Waals surface area contributed by atoms with Gasteiger partial charge in [-0.1, -0.05) is 30.0 Å². The Bertz CT molecular complexity index is 801. The Labute approximate surface area is 143 Å². The Morgan fingerprint density at radius 1 is 1.12 bits per heavy atom. The van der Waals surface area contributed by atoms with Crippen LogP contribution in [0.1, 0.15) is 21.5 Å². The zero-order chi connectivity index (χ0) is 17.1. The number of ketones is 1. The van der Waals surface area contributed by atoms with E-state index in [2.05, 4.69) is 5.32 Å². The zero-order valence-corrected chi connectivity index (χ0v) is 13.8. The van der Waals surface area contributed by atoms with Crippen molar-refractivity contribution in [3.63, 3.8) is 0 Å². The molecular weight excluding hydrogens is 326 g/mol. The van der Waals surface area contributed by atoms with E-state index in [1.54, 1.807) is 49.6 Å². The fourth-order valence-electron chi connectivity index (χ4n) is 2.49. The molecule has 24 heavy (non-hydrogen) atoms. The largest absolute Gasteiger partial charge is 0.497 e. The number of hydrogen-bond acceptors (Lipinski definition) is 5. The van der Waals surface area contributed by atoms with E-state index in [0.717, 1.165) is 17.3 Å². The summed E-state index contributed by atoms with van der Waals surface area (Å²) in [6.45, 7) is 0. The number of rotatable bonds is 5. The van der Waals surface area contributed by atoms with E-state index in [-0.39, 0.29) is 16.9 Å². The van der Waals surface area contributed by atoms with Gasteiger partial charge in [-0.25, -0.2) is 0 Å². The third-order valence-corrected chi connectivity index (χ3v) is 4.71. The lowest BCUT2D eigenvalue weighted by Gasteiger charge is -2.08. The third-order valence-electron chi connectivity index (χ3n) is 3.73. The molecule has 0 aliphatic carbocycles. The van der Waals surface area contributed by atoms with Gasteiger partial charge in [0, 0.05) is 11.1 Å². The van der Waals surface area contributed by atoms with Crippen molar-refractivity contribution in [2.45, 2.75) is 11.7 Å². The van der Waals surface area contributed by atoms with Gasteiger partial charge in [-0.3, -0.25) is 19.7 Å². The zero-order valence-electron chi connectivity index (χ0n) is 12.9. The molecule has 0 saturated carbocycles. The highest BCUT2D eigenvalue weighted by Gasteiger charge is 2.31. The smallest absolute Gasteiger partial charge is 0.286 e. The number of benzene rings is 2. The summed E-state index contributed by atoms with van der Waals surface area (Å²) in [5.41, 5.74) is 1.96. The summed E-state index contributed by atoms with van der Waals surface area (Å²) in [6, 6.07) is 14.0. The van der Waals surface area contributed by atoms with Crippen LogP contribution in [-0.4, -0.2) is 29.3 Å². The van der Waals surface area contributed by atoms with Gasteiger partial charge in [0.1, 0.15) is 5.75 Å². The summed E-state index contributed by atoms with van der Waals surface area (Å²) in [7, 11) is 1.57. The second-order valence-corrected chi connectivity index (χ2v) is 6.52. The summed E-state index contributed by atoms with van der Waals surface area (Å²) >= 11 is 0.985. The Balaban J connectivity index is 1.78. The standard InChI is InChI=1S/C18H15NO4S/c1-23-14-7-5-12(6-8-14)16(20)13-4-2-3-11(9-13)10-15-17(21)19-18(22)24-15/h2-9,15H,10H2,1H3,(H,19,21,22). The van der Waals surface area contributed by atoms with Crippen LogP contribution in [0.2, 0.25) is 0 Å². The van der Waals surface area contributed by atoms with Crippen LogP contribution in [-0.2, 0) is 11.2 Å². The molecular formula is C18H15NO4S. The van der Waals surface area contributed by atoms with E-state index in [0.29, 0.717) is 23.3 Å². The summed E-state index contributed by atoms with van der Waals surface area (Å²) in [5, 5.41) is 1.50. The molecule has 0 spiro atoms. The Hall–Kier alpha value is -2.60. The number of imide groups is 1. The first-order valence-electron chi connectivity index (χ1n) is 7.36. The summed E-state index contributed by atoms with van der Waals surface area (Å²) < 4.78 is 5.09. The molecule has 6 heteroatoms. The second kappa shape index (κ2) is 6.88. The quantitative estimate of drug-likeness (QED) is 0.847. The minimum absolute atomic E-state index is 0.0981. The first-order valence-corrected chi connectivity index (χ1v) is 8.24. The van der Waals surface area contributed by atoms with E-state index in [1.807, 2.05) is 6.07 Å². The van der Waals surface area contributed by atoms with Crippen molar-refractivity contribution >= 4 is 28.7 Å². The molecule has 1 fully saturated rings. The van der Waals surface area contributed by atoms with Gasteiger partial charge < -0.3 is 4.74 Å². The lowest BCUT2D eigenvalue weighted by molar-refractivity contribution is -0.118. The van der Waals surface area contributed by atoms with Crippen molar-refractivity contribution in [2.24, 2.45) is 0 Å². The molecule has 2 aromatic rings. The van der Waals surface area contributed by atoms with Gasteiger partial charge in [-0.05, 0) is 42.3 Å². The second-order valence-electron chi connectivity index (χ2n) is 5.35. The molecule has 1 N–H and O–H groups in total. The first kappa shape index (κ1) is 16.3. The molecule has 1 atom stereocenters. The lowest BCUT2D eigenvalue weighted by atomic mass is 9.99. The van der Waals surface area contributed by atoms with Crippen molar-refractivity contribution in [1.29, 1.82) is 0 Å². The maximum atomic E-state index is 12.6. The molecule has 0 aromatic heterocycles. The average molecular weight is 341 g/mol. The minimum atomic E-state index is -0.441. The van der Waals surface area contributed by atoms with Gasteiger partial charge in [0.2, 0.25) is 5.91 Å². The molecule has 1 heterocycles. The van der Waals surface area contributed by atoms with E-state index in [4.69, 9.17) is 4.74 Å². The highest BCUT2D eigenvalue weighted by molar-refractivity contribution is 8.15. The van der Waals surface area contributed by atoms with Gasteiger partial charge in [0.15, 0.2) is 5.78 Å². The highest BCUT2D eigenvalue weighted by Crippen LogP contribution is 2.24. The van der Waals surface area contributed by atoms with Crippen molar-refractivity contribution in [1.82, 2.24) is 5.32 Å². The number of hydrogen-bond donors (Lipinski definition) is 1. The monoisotopic (exact) mass is 341 g/mol. The van der Waals surface area contributed by atoms with Gasteiger partial charge in [-0.15, -0.1) is 0 Å². The third kappa shape index (κ3) is 3.49. The summed E-state index contributed by atoms with van der Waals surface area (Å²) in [4.78, 5) is 35.5. The number of carbonyl (C=O) groups excluding carboxylic acids is 3. The lowest BCUT2D eigenvalue weighted by Crippen LogP contribution is -2.25. The van der Waals surface area contributed by atoms with Crippen LogP contribution < -0.4 is 10.1 Å². The topological polar surface area (TPSA) is 72.5 Å². The van der Waals surface area contributed by atoms with E-state index < -0.39 is 5.25 Å². The molecule has 122 valence electrons. The predicted octanol–water partition coefficient (Wildman–Crippen LogP) is 2.82. The van der Waals surface area contributed by atoms with Crippen LogP contribution in [0.25, 0.3) is 0 Å². The molecule has 1 saturated heterocycles. The molecule has 5 nitrogen and oxygen atoms in total. The van der Waals surface area contributed by atoms with E-state index >= 15 is 0 Å². The predicted molar refractivity (Wildman–Crippen MR) is 91.5 cm³/mol. The molecule has 2 aromatic carbocycles. The van der Waals surface area contributed by atoms with Crippen molar-refractivity contribution < 1.29 is 19.1 Å². The molecule has 1 unspecified atom stereocenters. The number of methoxy groups -OCH3 is 1. The summed E-state index contributed by atoms with van der Waals surface area (Å²) in [5.74, 6) is 0.310. The molecule has 3 rings (SSSR count). The normalized spacial score (nSPS) is 16.8. The van der Waals surface area contributed by atoms with Crippen LogP contribution in [0.5, 0.6) is 5.75 Å². The molecule has 2 amide bonds. The number of amides is 2. The maximum absolute atomic E-state index is 12.6. The number of thioether (sulfide) groups is 1. The van der Waals surface area contributed by atoms with Crippen molar-refractivity contribution in [3.05, 3.63) is 65.2 Å². The van der Waals surface area contributed by atoms with Crippen LogP contribution in [0.4, 0.5) is 4.79 Å². The molecule has 0 radical (unpaired) electrons. The van der Waals surface area contributed by atoms with Crippen LogP contribution in [0.15, 0.2) is 48.5 Å². The molecule has 1 aliphatic heterocycles. The van der Waals surface area contributed by atoms with E-state index in [1.165, 1.54) is 0 Å².